The predicted molar refractivity (Wildman–Crippen MR) is 106 cm³/mol. The van der Waals surface area contributed by atoms with E-state index in [1.807, 2.05) is 12.1 Å². The van der Waals surface area contributed by atoms with Crippen molar-refractivity contribution in [1.29, 1.82) is 0 Å². The van der Waals surface area contributed by atoms with Crippen LogP contribution in [0.15, 0.2) is 42.5 Å². The molecule has 0 saturated carbocycles. The van der Waals surface area contributed by atoms with Crippen LogP contribution in [0.4, 0.5) is 0 Å². The Morgan fingerprint density at radius 1 is 1.04 bits per heavy atom. The van der Waals surface area contributed by atoms with Gasteiger partial charge in [-0.2, -0.15) is 17.0 Å². The summed E-state index contributed by atoms with van der Waals surface area (Å²) >= 11 is 6.17. The Morgan fingerprint density at radius 2 is 1.68 bits per heavy atom. The topological polar surface area (TPSA) is 76.2 Å². The van der Waals surface area contributed by atoms with E-state index in [-0.39, 0.29) is 13.1 Å². The van der Waals surface area contributed by atoms with Gasteiger partial charge in [0.25, 0.3) is 10.2 Å². The van der Waals surface area contributed by atoms with E-state index >= 15 is 0 Å². The average Bonchev–Trinajstić information content (AvgIpc) is 2.96. The van der Waals surface area contributed by atoms with Crippen molar-refractivity contribution in [3.63, 3.8) is 0 Å². The van der Waals surface area contributed by atoms with E-state index in [2.05, 4.69) is 0 Å². The first-order valence-electron chi connectivity index (χ1n) is 8.60. The lowest BCUT2D eigenvalue weighted by molar-refractivity contribution is 0.0600. The fourth-order valence-electron chi connectivity index (χ4n) is 3.09. The van der Waals surface area contributed by atoms with Crippen LogP contribution >= 0.6 is 11.6 Å². The first-order chi connectivity index (χ1) is 13.4. The fourth-order valence-corrected chi connectivity index (χ4v) is 4.84. The zero-order valence-electron chi connectivity index (χ0n) is 15.6. The molecule has 1 aliphatic heterocycles. The van der Waals surface area contributed by atoms with E-state index in [0.29, 0.717) is 35.0 Å². The second-order valence-electron chi connectivity index (χ2n) is 6.28. The molecule has 0 aromatic heterocycles. The highest BCUT2D eigenvalue weighted by atomic mass is 35.5. The minimum absolute atomic E-state index is 0.0926. The molecule has 150 valence electrons. The number of carbonyl (C=O) groups excluding carboxylic acids is 1. The number of benzene rings is 2. The van der Waals surface area contributed by atoms with Crippen LogP contribution in [0.2, 0.25) is 5.02 Å². The van der Waals surface area contributed by atoms with Gasteiger partial charge in [-0.3, -0.25) is 0 Å². The molecule has 7 nitrogen and oxygen atoms in total. The van der Waals surface area contributed by atoms with E-state index in [0.717, 1.165) is 5.56 Å². The highest BCUT2D eigenvalue weighted by Crippen LogP contribution is 2.28. The van der Waals surface area contributed by atoms with Gasteiger partial charge in [-0.1, -0.05) is 29.8 Å². The highest BCUT2D eigenvalue weighted by molar-refractivity contribution is 7.86. The maximum Gasteiger partial charge on any atom is 0.337 e. The van der Waals surface area contributed by atoms with Gasteiger partial charge < -0.3 is 9.47 Å². The zero-order chi connectivity index (χ0) is 20.3. The first-order valence-corrected chi connectivity index (χ1v) is 10.4. The maximum absolute atomic E-state index is 13.0. The lowest BCUT2D eigenvalue weighted by Crippen LogP contribution is -2.32. The molecule has 1 aliphatic rings. The van der Waals surface area contributed by atoms with Gasteiger partial charge in [0.2, 0.25) is 0 Å². The van der Waals surface area contributed by atoms with Crippen molar-refractivity contribution in [2.24, 2.45) is 0 Å². The Labute approximate surface area is 169 Å². The number of carbonyl (C=O) groups is 1. The Bertz CT molecular complexity index is 980. The molecule has 1 fully saturated rings. The summed E-state index contributed by atoms with van der Waals surface area (Å²) in [5, 5.41) is 0.531. The normalized spacial score (nSPS) is 16.8. The molecule has 28 heavy (non-hydrogen) atoms. The van der Waals surface area contributed by atoms with Crippen LogP contribution in [0.5, 0.6) is 5.75 Å². The number of methoxy groups -OCH3 is 2. The molecule has 0 spiro atoms. The molecular weight excluding hydrogens is 404 g/mol. The van der Waals surface area contributed by atoms with Gasteiger partial charge in [0.05, 0.1) is 19.8 Å². The quantitative estimate of drug-likeness (QED) is 0.666. The molecule has 2 aromatic carbocycles. The number of hydrogen-bond acceptors (Lipinski definition) is 5. The molecule has 0 atom stereocenters. The van der Waals surface area contributed by atoms with Crippen molar-refractivity contribution in [3.05, 3.63) is 64.2 Å². The summed E-state index contributed by atoms with van der Waals surface area (Å²) in [5.74, 6) is 0.0148. The van der Waals surface area contributed by atoms with Crippen LogP contribution in [0.3, 0.4) is 0 Å². The Hall–Kier alpha value is -2.13. The van der Waals surface area contributed by atoms with E-state index in [1.165, 1.54) is 22.8 Å². The molecule has 2 aromatic rings. The predicted octanol–water partition coefficient (Wildman–Crippen LogP) is 2.70. The third-order valence-corrected chi connectivity index (χ3v) is 6.90. The van der Waals surface area contributed by atoms with Crippen molar-refractivity contribution in [2.45, 2.75) is 13.1 Å². The second-order valence-corrected chi connectivity index (χ2v) is 8.62. The van der Waals surface area contributed by atoms with E-state index in [4.69, 9.17) is 21.1 Å². The van der Waals surface area contributed by atoms with Gasteiger partial charge in [0.1, 0.15) is 5.75 Å². The molecular formula is C19H21ClN2O5S. The average molecular weight is 425 g/mol. The van der Waals surface area contributed by atoms with Crippen LogP contribution in [-0.4, -0.2) is 50.3 Å². The molecule has 0 unspecified atom stereocenters. The van der Waals surface area contributed by atoms with Crippen LogP contribution in [0.25, 0.3) is 0 Å². The monoisotopic (exact) mass is 424 g/mol. The lowest BCUT2D eigenvalue weighted by atomic mass is 10.1. The zero-order valence-corrected chi connectivity index (χ0v) is 17.2. The largest absolute Gasteiger partial charge is 0.496 e. The van der Waals surface area contributed by atoms with Gasteiger partial charge in [-0.05, 0) is 29.8 Å². The van der Waals surface area contributed by atoms with Gasteiger partial charge in [0, 0.05) is 36.8 Å². The second kappa shape index (κ2) is 8.48. The van der Waals surface area contributed by atoms with E-state index < -0.39 is 16.2 Å². The molecule has 0 amide bonds. The Morgan fingerprint density at radius 3 is 2.29 bits per heavy atom. The number of nitrogens with zero attached hydrogens (tertiary/aromatic N) is 2. The lowest BCUT2D eigenvalue weighted by Gasteiger charge is -2.20. The molecule has 1 saturated heterocycles. The van der Waals surface area contributed by atoms with Gasteiger partial charge in [-0.25, -0.2) is 4.79 Å². The van der Waals surface area contributed by atoms with E-state index in [1.54, 1.807) is 30.3 Å². The third-order valence-electron chi connectivity index (χ3n) is 4.60. The third kappa shape index (κ3) is 4.15. The molecule has 1 heterocycles. The van der Waals surface area contributed by atoms with Crippen LogP contribution in [0.1, 0.15) is 21.5 Å². The summed E-state index contributed by atoms with van der Waals surface area (Å²) in [6.45, 7) is 0.984. The van der Waals surface area contributed by atoms with Crippen molar-refractivity contribution < 1.29 is 22.7 Å². The highest BCUT2D eigenvalue weighted by Gasteiger charge is 2.37. The molecule has 0 bridgehead atoms. The van der Waals surface area contributed by atoms with Gasteiger partial charge >= 0.3 is 5.97 Å². The Kier molecular flexibility index (Phi) is 6.24. The summed E-state index contributed by atoms with van der Waals surface area (Å²) in [7, 11) is -0.874. The van der Waals surface area contributed by atoms with Crippen molar-refractivity contribution in [3.8, 4) is 5.75 Å². The van der Waals surface area contributed by atoms with Gasteiger partial charge in [0.15, 0.2) is 0 Å². The van der Waals surface area contributed by atoms with E-state index in [9.17, 15) is 13.2 Å². The minimum Gasteiger partial charge on any atom is -0.496 e. The minimum atomic E-state index is -3.67. The molecule has 0 N–H and O–H groups in total. The number of esters is 1. The summed E-state index contributed by atoms with van der Waals surface area (Å²) in [6, 6.07) is 12.0. The van der Waals surface area contributed by atoms with Crippen molar-refractivity contribution in [2.75, 3.05) is 27.3 Å². The smallest absolute Gasteiger partial charge is 0.337 e. The van der Waals surface area contributed by atoms with Crippen molar-refractivity contribution >= 4 is 27.8 Å². The summed E-state index contributed by atoms with van der Waals surface area (Å²) in [5.41, 5.74) is 1.68. The van der Waals surface area contributed by atoms with Gasteiger partial charge in [-0.15, -0.1) is 0 Å². The number of halogens is 1. The summed E-state index contributed by atoms with van der Waals surface area (Å²) in [4.78, 5) is 11.8. The number of rotatable bonds is 6. The molecule has 9 heteroatoms. The van der Waals surface area contributed by atoms with Crippen LogP contribution < -0.4 is 4.74 Å². The first kappa shape index (κ1) is 20.6. The fraction of sp³-hybridized carbons (Fsp3) is 0.316. The van der Waals surface area contributed by atoms with Crippen LogP contribution in [-0.2, 0) is 28.0 Å². The standard InChI is InChI=1S/C19H21ClN2O5S/c1-26-18-8-7-14(19(23)27-2)11-16(18)13-22-10-9-21(28(22,24)25)12-15-5-3-4-6-17(15)20/h3-8,11H,9-10,12-13H2,1-2H3. The molecule has 0 radical (unpaired) electrons. The summed E-state index contributed by atoms with van der Waals surface area (Å²) < 4.78 is 38.7. The van der Waals surface area contributed by atoms with Crippen molar-refractivity contribution in [1.82, 2.24) is 8.61 Å². The number of hydrogen-bond donors (Lipinski definition) is 0. The Balaban J connectivity index is 1.82. The van der Waals surface area contributed by atoms with Crippen LogP contribution in [0, 0.1) is 0 Å². The maximum atomic E-state index is 13.0. The molecule has 0 aliphatic carbocycles. The SMILES string of the molecule is COC(=O)c1ccc(OC)c(CN2CCN(Cc3ccccc3Cl)S2(=O)=O)c1. The number of ether oxygens (including phenoxy) is 2. The molecule has 3 rings (SSSR count). The summed E-state index contributed by atoms with van der Waals surface area (Å²) in [6.07, 6.45) is 0.